The Morgan fingerprint density at radius 2 is 1.85 bits per heavy atom. The Morgan fingerprint density at radius 3 is 2.42 bits per heavy atom. The number of ether oxygens (including phenoxy) is 2. The molecule has 7 heteroatoms. The summed E-state index contributed by atoms with van der Waals surface area (Å²) in [4.78, 5) is 7.23. The number of nitrogens with zero attached hydrogens (tertiary/aromatic N) is 2. The Hall–Kier alpha value is -0.120. The number of halogens is 1. The molecule has 156 valence electrons. The Kier molecular flexibility index (Phi) is 15.8. The van der Waals surface area contributed by atoms with Gasteiger partial charge in [-0.3, -0.25) is 9.89 Å². The quantitative estimate of drug-likeness (QED) is 0.268. The normalized spacial score (nSPS) is 18.3. The van der Waals surface area contributed by atoms with Crippen LogP contribution >= 0.6 is 24.0 Å². The average Bonchev–Trinajstić information content (AvgIpc) is 2.59. The lowest BCUT2D eigenvalue weighted by atomic mass is 10.0. The molecular weight excluding hydrogens is 443 g/mol. The molecule has 0 aromatic carbocycles. The first-order chi connectivity index (χ1) is 12.1. The fourth-order valence-corrected chi connectivity index (χ4v) is 3.03. The third-order valence-electron chi connectivity index (χ3n) is 4.42. The molecule has 1 fully saturated rings. The first kappa shape index (κ1) is 25.9. The van der Waals surface area contributed by atoms with Crippen LogP contribution in [0.5, 0.6) is 0 Å². The van der Waals surface area contributed by atoms with E-state index in [0.29, 0.717) is 17.9 Å². The SMILES string of the molecule is CCNC(=NCC(C)CN1CCOCC1)NCCC(OCC)C(C)C.I. The lowest BCUT2D eigenvalue weighted by molar-refractivity contribution is 0.0258. The summed E-state index contributed by atoms with van der Waals surface area (Å²) >= 11 is 0. The van der Waals surface area contributed by atoms with Gasteiger partial charge in [-0.05, 0) is 32.1 Å². The van der Waals surface area contributed by atoms with Gasteiger partial charge < -0.3 is 20.1 Å². The van der Waals surface area contributed by atoms with E-state index < -0.39 is 0 Å². The molecule has 6 nitrogen and oxygen atoms in total. The van der Waals surface area contributed by atoms with Crippen LogP contribution in [0.2, 0.25) is 0 Å². The zero-order chi connectivity index (χ0) is 18.5. The smallest absolute Gasteiger partial charge is 0.191 e. The van der Waals surface area contributed by atoms with Gasteiger partial charge >= 0.3 is 0 Å². The average molecular weight is 484 g/mol. The van der Waals surface area contributed by atoms with Crippen LogP contribution in [0.3, 0.4) is 0 Å². The van der Waals surface area contributed by atoms with E-state index in [4.69, 9.17) is 14.5 Å². The summed E-state index contributed by atoms with van der Waals surface area (Å²) in [7, 11) is 0. The molecule has 1 saturated heterocycles. The van der Waals surface area contributed by atoms with E-state index in [9.17, 15) is 0 Å². The van der Waals surface area contributed by atoms with E-state index in [1.54, 1.807) is 0 Å². The van der Waals surface area contributed by atoms with Crippen LogP contribution in [0.4, 0.5) is 0 Å². The van der Waals surface area contributed by atoms with Gasteiger partial charge in [-0.15, -0.1) is 24.0 Å². The van der Waals surface area contributed by atoms with Crippen LogP contribution < -0.4 is 10.6 Å². The Bertz CT molecular complexity index is 363. The van der Waals surface area contributed by atoms with Crippen LogP contribution in [0, 0.1) is 11.8 Å². The van der Waals surface area contributed by atoms with Crippen molar-refractivity contribution in [1.29, 1.82) is 0 Å². The summed E-state index contributed by atoms with van der Waals surface area (Å²) in [6.07, 6.45) is 1.31. The molecule has 0 aromatic heterocycles. The lowest BCUT2D eigenvalue weighted by Gasteiger charge is -2.28. The van der Waals surface area contributed by atoms with Crippen LogP contribution in [-0.2, 0) is 9.47 Å². The lowest BCUT2D eigenvalue weighted by Crippen LogP contribution is -2.41. The van der Waals surface area contributed by atoms with Crippen LogP contribution in [-0.4, -0.2) is 76.1 Å². The number of hydrogen-bond acceptors (Lipinski definition) is 4. The molecule has 0 radical (unpaired) electrons. The van der Waals surface area contributed by atoms with E-state index in [1.807, 2.05) is 0 Å². The second kappa shape index (κ2) is 15.9. The van der Waals surface area contributed by atoms with Crippen LogP contribution in [0.25, 0.3) is 0 Å². The van der Waals surface area contributed by atoms with Gasteiger partial charge in [0.2, 0.25) is 0 Å². The molecule has 1 rings (SSSR count). The van der Waals surface area contributed by atoms with Crippen molar-refractivity contribution in [3.8, 4) is 0 Å². The molecule has 0 aromatic rings. The number of morpholine rings is 1. The monoisotopic (exact) mass is 484 g/mol. The zero-order valence-electron chi connectivity index (χ0n) is 17.4. The highest BCUT2D eigenvalue weighted by molar-refractivity contribution is 14.0. The fraction of sp³-hybridized carbons (Fsp3) is 0.947. The summed E-state index contributed by atoms with van der Waals surface area (Å²) in [5.41, 5.74) is 0. The second-order valence-corrected chi connectivity index (χ2v) is 7.19. The van der Waals surface area contributed by atoms with Crippen molar-refractivity contribution < 1.29 is 9.47 Å². The van der Waals surface area contributed by atoms with Crippen LogP contribution in [0.15, 0.2) is 4.99 Å². The highest BCUT2D eigenvalue weighted by Gasteiger charge is 2.14. The summed E-state index contributed by atoms with van der Waals surface area (Å²) in [5, 5.41) is 6.79. The molecule has 2 N–H and O–H groups in total. The first-order valence-electron chi connectivity index (χ1n) is 10.0. The summed E-state index contributed by atoms with van der Waals surface area (Å²) in [6.45, 7) is 19.1. The van der Waals surface area contributed by atoms with Gasteiger partial charge in [0.25, 0.3) is 0 Å². The first-order valence-corrected chi connectivity index (χ1v) is 10.0. The van der Waals surface area contributed by atoms with E-state index in [0.717, 1.165) is 71.5 Å². The number of guanidine groups is 1. The van der Waals surface area contributed by atoms with Crippen molar-refractivity contribution in [2.24, 2.45) is 16.8 Å². The highest BCUT2D eigenvalue weighted by atomic mass is 127. The minimum Gasteiger partial charge on any atom is -0.379 e. The van der Waals surface area contributed by atoms with Gasteiger partial charge in [0.15, 0.2) is 5.96 Å². The van der Waals surface area contributed by atoms with Crippen LogP contribution in [0.1, 0.15) is 41.0 Å². The van der Waals surface area contributed by atoms with Crippen molar-refractivity contribution in [2.45, 2.75) is 47.1 Å². The van der Waals surface area contributed by atoms with Crippen molar-refractivity contribution in [3.63, 3.8) is 0 Å². The summed E-state index contributed by atoms with van der Waals surface area (Å²) < 4.78 is 11.2. The molecular formula is C19H41IN4O2. The number of hydrogen-bond donors (Lipinski definition) is 2. The second-order valence-electron chi connectivity index (χ2n) is 7.19. The third kappa shape index (κ3) is 11.6. The molecule has 0 bridgehead atoms. The molecule has 1 heterocycles. The van der Waals surface area contributed by atoms with E-state index >= 15 is 0 Å². The molecule has 0 amide bonds. The Labute approximate surface area is 177 Å². The minimum absolute atomic E-state index is 0. The van der Waals surface area contributed by atoms with Gasteiger partial charge in [0.05, 0.1) is 19.3 Å². The molecule has 26 heavy (non-hydrogen) atoms. The Morgan fingerprint density at radius 1 is 1.15 bits per heavy atom. The maximum atomic E-state index is 5.81. The number of aliphatic imine (C=N–C) groups is 1. The van der Waals surface area contributed by atoms with Crippen molar-refractivity contribution in [1.82, 2.24) is 15.5 Å². The molecule has 0 spiro atoms. The van der Waals surface area contributed by atoms with Gasteiger partial charge in [0.1, 0.15) is 0 Å². The Balaban J connectivity index is 0.00000625. The molecule has 2 atom stereocenters. The fourth-order valence-electron chi connectivity index (χ4n) is 3.03. The van der Waals surface area contributed by atoms with Gasteiger partial charge in [-0.2, -0.15) is 0 Å². The highest BCUT2D eigenvalue weighted by Crippen LogP contribution is 2.10. The maximum absolute atomic E-state index is 5.81. The van der Waals surface area contributed by atoms with Gasteiger partial charge in [0, 0.05) is 45.9 Å². The largest absolute Gasteiger partial charge is 0.379 e. The summed E-state index contributed by atoms with van der Waals surface area (Å²) in [5.74, 6) is 1.99. The molecule has 1 aliphatic rings. The third-order valence-corrected chi connectivity index (χ3v) is 4.42. The molecule has 1 aliphatic heterocycles. The number of nitrogens with one attached hydrogen (secondary N) is 2. The topological polar surface area (TPSA) is 58.1 Å². The van der Waals surface area contributed by atoms with E-state index in [-0.39, 0.29) is 24.0 Å². The zero-order valence-corrected chi connectivity index (χ0v) is 19.8. The van der Waals surface area contributed by atoms with Crippen molar-refractivity contribution >= 4 is 29.9 Å². The van der Waals surface area contributed by atoms with Gasteiger partial charge in [-0.1, -0.05) is 20.8 Å². The molecule has 0 saturated carbocycles. The number of rotatable bonds is 11. The predicted octanol–water partition coefficient (Wildman–Crippen LogP) is 2.58. The standard InChI is InChI=1S/C19H40N4O2.HI/c1-6-20-19(21-9-8-18(16(3)4)25-7-2)22-14-17(5)15-23-10-12-24-13-11-23;/h16-18H,6-15H2,1-5H3,(H2,20,21,22);1H. The minimum atomic E-state index is 0. The predicted molar refractivity (Wildman–Crippen MR) is 121 cm³/mol. The summed E-state index contributed by atoms with van der Waals surface area (Å²) in [6, 6.07) is 0. The maximum Gasteiger partial charge on any atom is 0.191 e. The van der Waals surface area contributed by atoms with Gasteiger partial charge in [-0.25, -0.2) is 0 Å². The molecule has 2 unspecified atom stereocenters. The van der Waals surface area contributed by atoms with E-state index in [2.05, 4.69) is 50.2 Å². The van der Waals surface area contributed by atoms with E-state index in [1.165, 1.54) is 0 Å². The van der Waals surface area contributed by atoms with Crippen molar-refractivity contribution in [3.05, 3.63) is 0 Å². The molecule has 0 aliphatic carbocycles. The van der Waals surface area contributed by atoms with Crippen molar-refractivity contribution in [2.75, 3.05) is 59.1 Å².